The van der Waals surface area contributed by atoms with Gasteiger partial charge in [-0.3, -0.25) is 4.79 Å². The summed E-state index contributed by atoms with van der Waals surface area (Å²) >= 11 is 0. The third-order valence-electron chi connectivity index (χ3n) is 5.75. The molecule has 0 radical (unpaired) electrons. The number of carboxylic acid groups (broad SMARTS) is 3. The molecule has 0 aromatic carbocycles. The van der Waals surface area contributed by atoms with Crippen LogP contribution >= 0.6 is 0 Å². The molecule has 2 aliphatic rings. The lowest BCUT2D eigenvalue weighted by atomic mass is 9.90. The van der Waals surface area contributed by atoms with Crippen LogP contribution < -0.4 is 5.32 Å². The number of rotatable bonds is 10. The summed E-state index contributed by atoms with van der Waals surface area (Å²) in [6.07, 6.45) is -19.1. The molecule has 2 rings (SSSR count). The van der Waals surface area contributed by atoms with Gasteiger partial charge in [-0.2, -0.15) is 0 Å². The predicted molar refractivity (Wildman–Crippen MR) is 108 cm³/mol. The molecule has 0 bridgehead atoms. The van der Waals surface area contributed by atoms with Gasteiger partial charge in [-0.1, -0.05) is 6.92 Å². The molecule has 12 atom stereocenters. The van der Waals surface area contributed by atoms with Gasteiger partial charge < -0.3 is 65.1 Å². The first kappa shape index (κ1) is 29.7. The average Bonchev–Trinajstić information content (AvgIpc) is 2.79. The number of hydrogen-bond donors (Lipinski definition) is 9. The zero-order chi connectivity index (χ0) is 27.5. The number of aliphatic hydroxyl groups is 5. The van der Waals surface area contributed by atoms with Crippen LogP contribution in [-0.2, 0) is 38.1 Å². The number of hydrogen-bond acceptors (Lipinski definition) is 13. The topological polar surface area (TPSA) is 279 Å². The maximum absolute atomic E-state index is 11.7. The van der Waals surface area contributed by atoms with Crippen molar-refractivity contribution in [2.24, 2.45) is 5.92 Å². The molecule has 2 fully saturated rings. The van der Waals surface area contributed by atoms with Gasteiger partial charge in [0.15, 0.2) is 30.9 Å². The van der Waals surface area contributed by atoms with Gasteiger partial charge in [0.05, 0.1) is 12.7 Å². The molecule has 0 aromatic heterocycles. The molecule has 17 nitrogen and oxygen atoms in total. The zero-order valence-corrected chi connectivity index (χ0v) is 19.0. The Morgan fingerprint density at radius 2 is 1.56 bits per heavy atom. The molecule has 1 amide bonds. The summed E-state index contributed by atoms with van der Waals surface area (Å²) in [5.74, 6) is -7.23. The van der Waals surface area contributed by atoms with Crippen molar-refractivity contribution in [2.45, 2.75) is 81.3 Å². The highest BCUT2D eigenvalue weighted by atomic mass is 16.7. The van der Waals surface area contributed by atoms with Crippen LogP contribution in [0.3, 0.4) is 0 Å². The van der Waals surface area contributed by atoms with Crippen molar-refractivity contribution < 1.29 is 79.0 Å². The largest absolute Gasteiger partial charge is 0.479 e. The Balaban J connectivity index is 2.33. The molecule has 9 N–H and O–H groups in total. The van der Waals surface area contributed by atoms with Crippen LogP contribution in [-0.4, -0.2) is 139 Å². The van der Waals surface area contributed by atoms with Crippen molar-refractivity contribution in [2.75, 3.05) is 6.61 Å². The molecule has 2 heterocycles. The van der Waals surface area contributed by atoms with Crippen LogP contribution in [0.15, 0.2) is 0 Å². The zero-order valence-electron chi connectivity index (χ0n) is 19.0. The van der Waals surface area contributed by atoms with Crippen molar-refractivity contribution in [3.05, 3.63) is 0 Å². The number of carbonyl (C=O) groups excluding carboxylic acids is 1. The fraction of sp³-hybridized carbons (Fsp3) is 0.789. The first-order valence-electron chi connectivity index (χ1n) is 10.6. The van der Waals surface area contributed by atoms with E-state index in [4.69, 9.17) is 24.1 Å². The Morgan fingerprint density at radius 1 is 0.944 bits per heavy atom. The van der Waals surface area contributed by atoms with Gasteiger partial charge in [0.2, 0.25) is 5.91 Å². The summed E-state index contributed by atoms with van der Waals surface area (Å²) in [6, 6.07) is -1.68. The molecule has 0 aliphatic carbocycles. The van der Waals surface area contributed by atoms with Gasteiger partial charge in [0.25, 0.3) is 0 Å². The number of aliphatic hydroxyl groups excluding tert-OH is 5. The van der Waals surface area contributed by atoms with Crippen molar-refractivity contribution in [1.82, 2.24) is 5.32 Å². The minimum atomic E-state index is -2.58. The SMILES string of the molecule is CC(=O)NC1C(OC(C(=O)O)C(O)C(=O)O)OC(CO)C(OC2OC(C(=O)O)C(C)C(O)C2O)C1O. The van der Waals surface area contributed by atoms with Gasteiger partial charge in [0.1, 0.15) is 30.5 Å². The Hall–Kier alpha value is -2.48. The van der Waals surface area contributed by atoms with Crippen LogP contribution in [0.25, 0.3) is 0 Å². The van der Waals surface area contributed by atoms with E-state index in [0.717, 1.165) is 6.92 Å². The molecule has 0 aromatic rings. The molecule has 2 aliphatic heterocycles. The van der Waals surface area contributed by atoms with Crippen LogP contribution in [0.5, 0.6) is 0 Å². The number of amides is 1. The van der Waals surface area contributed by atoms with E-state index in [1.165, 1.54) is 6.92 Å². The highest BCUT2D eigenvalue weighted by molar-refractivity contribution is 5.83. The van der Waals surface area contributed by atoms with E-state index in [1.54, 1.807) is 0 Å². The van der Waals surface area contributed by atoms with Crippen molar-refractivity contribution in [3.63, 3.8) is 0 Å². The number of carbonyl (C=O) groups is 4. The molecule has 2 saturated heterocycles. The molecular formula is C19H29NO16. The maximum Gasteiger partial charge on any atom is 0.336 e. The molecule has 17 heteroatoms. The van der Waals surface area contributed by atoms with Gasteiger partial charge in [-0.15, -0.1) is 0 Å². The standard InChI is InChI=1S/C19H29NO16/c1-4-8(23)10(25)19(34-12(4)16(29)30)35-13-6(3-21)33-18(7(9(13)24)20-5(2)22)36-14(17(31)32)11(26)15(27)28/h4,6-14,18-19,21,23-26H,3H2,1-2H3,(H,20,22)(H,27,28)(H,29,30)(H,31,32). The molecule has 0 spiro atoms. The third kappa shape index (κ3) is 6.44. The Bertz CT molecular complexity index is 823. The van der Waals surface area contributed by atoms with Gasteiger partial charge in [-0.25, -0.2) is 14.4 Å². The second kappa shape index (κ2) is 12.2. The molecule has 12 unspecified atom stereocenters. The summed E-state index contributed by atoms with van der Waals surface area (Å²) in [5, 5.41) is 80.5. The molecular weight excluding hydrogens is 498 g/mol. The second-order valence-electron chi connectivity index (χ2n) is 8.32. The van der Waals surface area contributed by atoms with Gasteiger partial charge >= 0.3 is 17.9 Å². The van der Waals surface area contributed by atoms with E-state index >= 15 is 0 Å². The third-order valence-corrected chi connectivity index (χ3v) is 5.75. The quantitative estimate of drug-likeness (QED) is 0.129. The fourth-order valence-electron chi connectivity index (χ4n) is 3.83. The first-order valence-corrected chi connectivity index (χ1v) is 10.6. The lowest BCUT2D eigenvalue weighted by molar-refractivity contribution is -0.343. The number of aliphatic carboxylic acids is 3. The van der Waals surface area contributed by atoms with Crippen molar-refractivity contribution >= 4 is 23.8 Å². The minimum Gasteiger partial charge on any atom is -0.479 e. The van der Waals surface area contributed by atoms with Crippen LogP contribution in [0, 0.1) is 5.92 Å². The average molecular weight is 527 g/mol. The molecule has 0 saturated carbocycles. The number of ether oxygens (including phenoxy) is 4. The monoisotopic (exact) mass is 527 g/mol. The lowest BCUT2D eigenvalue weighted by Gasteiger charge is -2.47. The van der Waals surface area contributed by atoms with Gasteiger partial charge in [0, 0.05) is 12.8 Å². The minimum absolute atomic E-state index is 0.799. The Kier molecular flexibility index (Phi) is 10.1. The number of carboxylic acids is 3. The van der Waals surface area contributed by atoms with Crippen LogP contribution in [0.2, 0.25) is 0 Å². The summed E-state index contributed by atoms with van der Waals surface area (Å²) in [4.78, 5) is 45.7. The Labute approximate surface area is 202 Å². The smallest absolute Gasteiger partial charge is 0.336 e. The van der Waals surface area contributed by atoms with E-state index in [1.807, 2.05) is 0 Å². The van der Waals surface area contributed by atoms with E-state index in [-0.39, 0.29) is 0 Å². The highest BCUT2D eigenvalue weighted by Gasteiger charge is 2.53. The molecule has 36 heavy (non-hydrogen) atoms. The maximum atomic E-state index is 11.7. The van der Waals surface area contributed by atoms with E-state index in [0.29, 0.717) is 0 Å². The fourth-order valence-corrected chi connectivity index (χ4v) is 3.83. The summed E-state index contributed by atoms with van der Waals surface area (Å²) in [6.45, 7) is 1.36. The normalized spacial score (nSPS) is 38.5. The highest BCUT2D eigenvalue weighted by Crippen LogP contribution is 2.32. The lowest BCUT2D eigenvalue weighted by Crippen LogP contribution is -2.68. The predicted octanol–water partition coefficient (Wildman–Crippen LogP) is -4.96. The molecule has 206 valence electrons. The summed E-state index contributed by atoms with van der Waals surface area (Å²) in [7, 11) is 0. The van der Waals surface area contributed by atoms with Crippen molar-refractivity contribution in [3.8, 4) is 0 Å². The van der Waals surface area contributed by atoms with Crippen molar-refractivity contribution in [1.29, 1.82) is 0 Å². The first-order chi connectivity index (χ1) is 16.7. The van der Waals surface area contributed by atoms with E-state index in [2.05, 4.69) is 5.32 Å². The number of nitrogens with one attached hydrogen (secondary N) is 1. The van der Waals surface area contributed by atoms with E-state index in [9.17, 15) is 54.9 Å². The Morgan fingerprint density at radius 3 is 2.03 bits per heavy atom. The second-order valence-corrected chi connectivity index (χ2v) is 8.32. The van der Waals surface area contributed by atoms with E-state index < -0.39 is 104 Å². The summed E-state index contributed by atoms with van der Waals surface area (Å²) < 4.78 is 21.1. The summed E-state index contributed by atoms with van der Waals surface area (Å²) in [5.41, 5.74) is 0. The van der Waals surface area contributed by atoms with Crippen LogP contribution in [0.1, 0.15) is 13.8 Å². The van der Waals surface area contributed by atoms with Crippen LogP contribution in [0.4, 0.5) is 0 Å². The van der Waals surface area contributed by atoms with Gasteiger partial charge in [-0.05, 0) is 0 Å².